The minimum atomic E-state index is -1.04. The molecule has 0 atom stereocenters. The number of hydrogen-bond donors (Lipinski definition) is 1. The Labute approximate surface area is 111 Å². The number of furan rings is 2. The van der Waals surface area contributed by atoms with Gasteiger partial charge >= 0.3 is 5.97 Å². The topological polar surface area (TPSA) is 66.8 Å². The molecular formula is C14H17NO4. The van der Waals surface area contributed by atoms with Gasteiger partial charge in [-0.1, -0.05) is 6.92 Å². The molecule has 0 amide bonds. The Morgan fingerprint density at radius 1 is 1.42 bits per heavy atom. The van der Waals surface area contributed by atoms with Crippen molar-refractivity contribution in [1.82, 2.24) is 4.90 Å². The second-order valence-corrected chi connectivity index (χ2v) is 4.38. The zero-order valence-electron chi connectivity index (χ0n) is 11.0. The lowest BCUT2D eigenvalue weighted by molar-refractivity contribution is 0.0661. The smallest absolute Gasteiger partial charge is 0.371 e. The number of nitrogens with zero attached hydrogens (tertiary/aromatic N) is 1. The molecule has 102 valence electrons. The van der Waals surface area contributed by atoms with Gasteiger partial charge in [-0.3, -0.25) is 4.90 Å². The second kappa shape index (κ2) is 5.75. The highest BCUT2D eigenvalue weighted by molar-refractivity contribution is 5.84. The minimum Gasteiger partial charge on any atom is -0.475 e. The van der Waals surface area contributed by atoms with Gasteiger partial charge in [0.05, 0.1) is 12.8 Å². The molecule has 0 fully saturated rings. The number of rotatable bonds is 6. The molecule has 19 heavy (non-hydrogen) atoms. The Morgan fingerprint density at radius 3 is 2.74 bits per heavy atom. The number of aromatic carboxylic acids is 1. The number of carboxylic acids is 1. The van der Waals surface area contributed by atoms with Crippen LogP contribution in [0.4, 0.5) is 0 Å². The monoisotopic (exact) mass is 263 g/mol. The summed E-state index contributed by atoms with van der Waals surface area (Å²) in [6, 6.07) is 5.37. The summed E-state index contributed by atoms with van der Waals surface area (Å²) in [6.45, 7) is 6.00. The van der Waals surface area contributed by atoms with Gasteiger partial charge in [-0.05, 0) is 31.7 Å². The van der Waals surface area contributed by atoms with Crippen LogP contribution in [-0.2, 0) is 13.1 Å². The molecule has 0 saturated heterocycles. The van der Waals surface area contributed by atoms with Crippen molar-refractivity contribution in [3.8, 4) is 0 Å². The molecule has 5 heteroatoms. The number of aryl methyl sites for hydroxylation is 1. The molecule has 0 aliphatic heterocycles. The summed E-state index contributed by atoms with van der Waals surface area (Å²) in [5.74, 6) is 0.488. The molecule has 0 aliphatic carbocycles. The fourth-order valence-corrected chi connectivity index (χ4v) is 1.93. The first-order chi connectivity index (χ1) is 9.10. The molecule has 2 rings (SSSR count). The van der Waals surface area contributed by atoms with Gasteiger partial charge in [0.15, 0.2) is 0 Å². The van der Waals surface area contributed by atoms with Crippen molar-refractivity contribution >= 4 is 5.97 Å². The van der Waals surface area contributed by atoms with E-state index in [1.807, 2.05) is 12.1 Å². The van der Waals surface area contributed by atoms with E-state index in [4.69, 9.17) is 13.9 Å². The van der Waals surface area contributed by atoms with Crippen molar-refractivity contribution in [3.05, 3.63) is 47.3 Å². The van der Waals surface area contributed by atoms with E-state index in [1.54, 1.807) is 19.3 Å². The van der Waals surface area contributed by atoms with Gasteiger partial charge < -0.3 is 13.9 Å². The molecule has 2 aromatic heterocycles. The molecule has 2 heterocycles. The molecule has 0 unspecified atom stereocenters. The van der Waals surface area contributed by atoms with Crippen LogP contribution in [0.15, 0.2) is 33.3 Å². The molecule has 5 nitrogen and oxygen atoms in total. The first-order valence-corrected chi connectivity index (χ1v) is 6.17. The van der Waals surface area contributed by atoms with Crippen LogP contribution in [0.1, 0.15) is 34.6 Å². The largest absolute Gasteiger partial charge is 0.475 e. The summed E-state index contributed by atoms with van der Waals surface area (Å²) in [5, 5.41) is 8.90. The third kappa shape index (κ3) is 3.26. The first kappa shape index (κ1) is 13.4. The van der Waals surface area contributed by atoms with E-state index in [0.29, 0.717) is 18.8 Å². The molecule has 0 bridgehead atoms. The average Bonchev–Trinajstić information content (AvgIpc) is 2.99. The molecule has 1 N–H and O–H groups in total. The standard InChI is InChI=1S/C14H17NO4/c1-3-15(9-12-5-4-6-18-12)8-11-7-13(14(16)17)19-10(11)2/h4-7H,3,8-9H2,1-2H3,(H,16,17). The van der Waals surface area contributed by atoms with Crippen molar-refractivity contribution in [2.24, 2.45) is 0 Å². The van der Waals surface area contributed by atoms with E-state index in [0.717, 1.165) is 17.9 Å². The first-order valence-electron chi connectivity index (χ1n) is 6.17. The Hall–Kier alpha value is -2.01. The van der Waals surface area contributed by atoms with Crippen LogP contribution >= 0.6 is 0 Å². The van der Waals surface area contributed by atoms with Gasteiger partial charge in [-0.15, -0.1) is 0 Å². The van der Waals surface area contributed by atoms with E-state index in [1.165, 1.54) is 0 Å². The van der Waals surface area contributed by atoms with Crippen LogP contribution in [0.25, 0.3) is 0 Å². The van der Waals surface area contributed by atoms with Gasteiger partial charge in [0.25, 0.3) is 0 Å². The maximum absolute atomic E-state index is 10.9. The lowest BCUT2D eigenvalue weighted by Crippen LogP contribution is -2.22. The van der Waals surface area contributed by atoms with E-state index < -0.39 is 5.97 Å². The van der Waals surface area contributed by atoms with Crippen LogP contribution < -0.4 is 0 Å². The van der Waals surface area contributed by atoms with E-state index in [-0.39, 0.29) is 5.76 Å². The predicted molar refractivity (Wildman–Crippen MR) is 68.9 cm³/mol. The fourth-order valence-electron chi connectivity index (χ4n) is 1.93. The van der Waals surface area contributed by atoms with Gasteiger partial charge in [-0.25, -0.2) is 4.79 Å². The molecule has 0 saturated carbocycles. The van der Waals surface area contributed by atoms with Crippen molar-refractivity contribution in [2.75, 3.05) is 6.54 Å². The third-order valence-corrected chi connectivity index (χ3v) is 3.03. The van der Waals surface area contributed by atoms with Crippen molar-refractivity contribution < 1.29 is 18.7 Å². The summed E-state index contributed by atoms with van der Waals surface area (Å²) >= 11 is 0. The van der Waals surface area contributed by atoms with E-state index in [9.17, 15) is 4.79 Å². The minimum absolute atomic E-state index is 0.0125. The lowest BCUT2D eigenvalue weighted by Gasteiger charge is -2.18. The molecule has 0 spiro atoms. The molecule has 0 aliphatic rings. The number of hydrogen-bond acceptors (Lipinski definition) is 4. The van der Waals surface area contributed by atoms with Crippen LogP contribution in [0.2, 0.25) is 0 Å². The van der Waals surface area contributed by atoms with E-state index >= 15 is 0 Å². The van der Waals surface area contributed by atoms with Gasteiger partial charge in [0.2, 0.25) is 5.76 Å². The highest BCUT2D eigenvalue weighted by Gasteiger charge is 2.15. The van der Waals surface area contributed by atoms with Gasteiger partial charge in [0, 0.05) is 12.1 Å². The Morgan fingerprint density at radius 2 is 2.21 bits per heavy atom. The Balaban J connectivity index is 2.07. The normalized spacial score (nSPS) is 11.1. The maximum Gasteiger partial charge on any atom is 0.371 e. The van der Waals surface area contributed by atoms with Crippen molar-refractivity contribution in [3.63, 3.8) is 0 Å². The van der Waals surface area contributed by atoms with Crippen molar-refractivity contribution in [2.45, 2.75) is 26.9 Å². The van der Waals surface area contributed by atoms with Gasteiger partial charge in [0.1, 0.15) is 11.5 Å². The highest BCUT2D eigenvalue weighted by atomic mass is 16.4. The van der Waals surface area contributed by atoms with Gasteiger partial charge in [-0.2, -0.15) is 0 Å². The van der Waals surface area contributed by atoms with Crippen LogP contribution in [0.3, 0.4) is 0 Å². The third-order valence-electron chi connectivity index (χ3n) is 3.03. The summed E-state index contributed by atoms with van der Waals surface area (Å²) in [4.78, 5) is 13.0. The fraction of sp³-hybridized carbons (Fsp3) is 0.357. The Bertz CT molecular complexity index is 542. The maximum atomic E-state index is 10.9. The summed E-state index contributed by atoms with van der Waals surface area (Å²) in [7, 11) is 0. The van der Waals surface area contributed by atoms with Crippen LogP contribution in [-0.4, -0.2) is 22.5 Å². The summed E-state index contributed by atoms with van der Waals surface area (Å²) in [5.41, 5.74) is 0.894. The Kier molecular flexibility index (Phi) is 4.06. The number of carbonyl (C=O) groups is 1. The van der Waals surface area contributed by atoms with Crippen LogP contribution in [0, 0.1) is 6.92 Å². The zero-order valence-corrected chi connectivity index (χ0v) is 11.0. The van der Waals surface area contributed by atoms with Crippen molar-refractivity contribution in [1.29, 1.82) is 0 Å². The second-order valence-electron chi connectivity index (χ2n) is 4.38. The highest BCUT2D eigenvalue weighted by Crippen LogP contribution is 2.18. The molecule has 0 radical (unpaired) electrons. The molecule has 0 aromatic carbocycles. The lowest BCUT2D eigenvalue weighted by atomic mass is 10.2. The molecule has 2 aromatic rings. The van der Waals surface area contributed by atoms with E-state index in [2.05, 4.69) is 11.8 Å². The van der Waals surface area contributed by atoms with Crippen LogP contribution in [0.5, 0.6) is 0 Å². The quantitative estimate of drug-likeness (QED) is 0.868. The summed E-state index contributed by atoms with van der Waals surface area (Å²) < 4.78 is 10.5. The summed E-state index contributed by atoms with van der Waals surface area (Å²) in [6.07, 6.45) is 1.65. The predicted octanol–water partition coefficient (Wildman–Crippen LogP) is 2.90. The SMILES string of the molecule is CCN(Cc1ccco1)Cc1cc(C(=O)O)oc1C. The average molecular weight is 263 g/mol. The number of carboxylic acid groups (broad SMARTS) is 1. The molecular weight excluding hydrogens is 246 g/mol. The zero-order chi connectivity index (χ0) is 13.8.